The highest BCUT2D eigenvalue weighted by molar-refractivity contribution is 7.81. The van der Waals surface area contributed by atoms with Crippen LogP contribution in [0.25, 0.3) is 0 Å². The van der Waals surface area contributed by atoms with Crippen LogP contribution in [-0.2, 0) is 4.79 Å². The number of carbonyl (C=O) groups excluding carboxylic acids is 1. The van der Waals surface area contributed by atoms with Crippen molar-refractivity contribution in [2.24, 2.45) is 5.92 Å². The van der Waals surface area contributed by atoms with E-state index in [0.29, 0.717) is 0 Å². The van der Waals surface area contributed by atoms with Crippen molar-refractivity contribution in [3.8, 4) is 12.1 Å². The fourth-order valence-electron chi connectivity index (χ4n) is 0.855. The van der Waals surface area contributed by atoms with Crippen LogP contribution < -0.4 is 0 Å². The second kappa shape index (κ2) is 6.28. The Morgan fingerprint density at radius 2 is 1.79 bits per heavy atom. The fourth-order valence-corrected chi connectivity index (χ4v) is 1.02. The van der Waals surface area contributed by atoms with E-state index in [4.69, 9.17) is 10.5 Å². The normalized spacial score (nSPS) is 11.6. The van der Waals surface area contributed by atoms with E-state index in [9.17, 15) is 4.79 Å². The lowest BCUT2D eigenvalue weighted by atomic mass is 10.1. The lowest BCUT2D eigenvalue weighted by Crippen LogP contribution is -2.39. The van der Waals surface area contributed by atoms with E-state index in [1.807, 2.05) is 26.0 Å². The van der Waals surface area contributed by atoms with Gasteiger partial charge in [-0.3, -0.25) is 4.79 Å². The smallest absolute Gasteiger partial charge is 0.237 e. The van der Waals surface area contributed by atoms with E-state index in [0.717, 1.165) is 0 Å². The molecule has 1 atom stereocenters. The van der Waals surface area contributed by atoms with Crippen molar-refractivity contribution < 1.29 is 4.79 Å². The van der Waals surface area contributed by atoms with E-state index in [2.05, 4.69) is 12.6 Å². The summed E-state index contributed by atoms with van der Waals surface area (Å²) in [6.07, 6.45) is 0. The van der Waals surface area contributed by atoms with Crippen molar-refractivity contribution in [3.05, 3.63) is 0 Å². The minimum absolute atomic E-state index is 0.0594. The number of hydrogen-bond donors (Lipinski definition) is 1. The van der Waals surface area contributed by atoms with Gasteiger partial charge in [0.05, 0.1) is 17.4 Å². The second-order valence-corrected chi connectivity index (χ2v) is 3.76. The maximum absolute atomic E-state index is 11.6. The number of hydrogen-bond acceptors (Lipinski definition) is 4. The van der Waals surface area contributed by atoms with Crippen molar-refractivity contribution in [2.75, 3.05) is 13.1 Å². The largest absolute Gasteiger partial charge is 0.315 e. The Balaban J connectivity index is 4.45. The summed E-state index contributed by atoms with van der Waals surface area (Å²) in [6, 6.07) is 3.69. The monoisotopic (exact) mass is 211 g/mol. The Labute approximate surface area is 89.5 Å². The second-order valence-electron chi connectivity index (χ2n) is 3.20. The molecule has 0 heterocycles. The summed E-state index contributed by atoms with van der Waals surface area (Å²) < 4.78 is 0. The Morgan fingerprint density at radius 1 is 1.36 bits per heavy atom. The number of amides is 1. The van der Waals surface area contributed by atoms with Crippen LogP contribution in [0.4, 0.5) is 0 Å². The molecule has 4 nitrogen and oxygen atoms in total. The van der Waals surface area contributed by atoms with Crippen LogP contribution in [0.2, 0.25) is 0 Å². The molecule has 0 saturated carbocycles. The molecule has 1 amide bonds. The average Bonchev–Trinajstić information content (AvgIpc) is 2.15. The quantitative estimate of drug-likeness (QED) is 0.553. The molecule has 0 aliphatic carbocycles. The SMILES string of the molecule is CC(C)C(S)C(=O)N(CC#N)CC#N. The Kier molecular flexibility index (Phi) is 5.74. The first-order chi connectivity index (χ1) is 6.54. The molecule has 0 fully saturated rings. The molecular formula is C9H13N3OS. The molecule has 14 heavy (non-hydrogen) atoms. The van der Waals surface area contributed by atoms with E-state index in [1.54, 1.807) is 0 Å². The summed E-state index contributed by atoms with van der Waals surface area (Å²) >= 11 is 4.13. The summed E-state index contributed by atoms with van der Waals surface area (Å²) in [7, 11) is 0. The molecule has 0 spiro atoms. The van der Waals surface area contributed by atoms with Gasteiger partial charge in [-0.15, -0.1) is 0 Å². The first kappa shape index (κ1) is 12.8. The molecule has 1 unspecified atom stereocenters. The number of nitriles is 2. The van der Waals surface area contributed by atoms with Crippen LogP contribution in [0.3, 0.4) is 0 Å². The summed E-state index contributed by atoms with van der Waals surface area (Å²) in [5.41, 5.74) is 0. The van der Waals surface area contributed by atoms with Gasteiger partial charge in [0.15, 0.2) is 0 Å². The standard InChI is InChI=1S/C9H13N3OS/c1-7(2)8(14)9(13)12(5-3-10)6-4-11/h7-8,14H,5-6H2,1-2H3. The van der Waals surface area contributed by atoms with Crippen molar-refractivity contribution in [1.29, 1.82) is 10.5 Å². The molecule has 0 aliphatic rings. The van der Waals surface area contributed by atoms with Crippen molar-refractivity contribution in [1.82, 2.24) is 4.90 Å². The van der Waals surface area contributed by atoms with Crippen LogP contribution in [0.15, 0.2) is 0 Å². The predicted octanol–water partition coefficient (Wildman–Crippen LogP) is 0.817. The van der Waals surface area contributed by atoms with E-state index in [1.165, 1.54) is 4.90 Å². The van der Waals surface area contributed by atoms with Gasteiger partial charge in [0, 0.05) is 0 Å². The van der Waals surface area contributed by atoms with Crippen LogP contribution in [-0.4, -0.2) is 29.1 Å². The fraction of sp³-hybridized carbons (Fsp3) is 0.667. The third-order valence-corrected chi connectivity index (χ3v) is 2.54. The lowest BCUT2D eigenvalue weighted by molar-refractivity contribution is -0.130. The molecule has 0 bridgehead atoms. The highest BCUT2D eigenvalue weighted by Crippen LogP contribution is 2.11. The summed E-state index contributed by atoms with van der Waals surface area (Å²) in [4.78, 5) is 12.8. The minimum Gasteiger partial charge on any atom is -0.315 e. The zero-order chi connectivity index (χ0) is 11.1. The predicted molar refractivity (Wildman–Crippen MR) is 55.4 cm³/mol. The van der Waals surface area contributed by atoms with Gasteiger partial charge in [-0.1, -0.05) is 13.8 Å². The summed E-state index contributed by atoms with van der Waals surface area (Å²) in [5.74, 6) is -0.169. The Hall–Kier alpha value is -1.20. The first-order valence-corrected chi connectivity index (χ1v) is 4.77. The maximum Gasteiger partial charge on any atom is 0.237 e. The number of nitrogens with zero attached hydrogens (tertiary/aromatic N) is 3. The molecule has 0 N–H and O–H groups in total. The third-order valence-electron chi connectivity index (χ3n) is 1.72. The Bertz CT molecular complexity index is 261. The van der Waals surface area contributed by atoms with Gasteiger partial charge in [-0.05, 0) is 5.92 Å². The number of rotatable bonds is 4. The van der Waals surface area contributed by atoms with Gasteiger partial charge in [0.1, 0.15) is 13.1 Å². The summed E-state index contributed by atoms with van der Waals surface area (Å²) in [5, 5.41) is 16.5. The first-order valence-electron chi connectivity index (χ1n) is 4.25. The summed E-state index contributed by atoms with van der Waals surface area (Å²) in [6.45, 7) is 3.62. The van der Waals surface area contributed by atoms with E-state index >= 15 is 0 Å². The molecule has 0 aromatic heterocycles. The average molecular weight is 211 g/mol. The van der Waals surface area contributed by atoms with Crippen LogP contribution in [0.5, 0.6) is 0 Å². The topological polar surface area (TPSA) is 67.9 Å². The molecule has 0 aromatic rings. The number of carbonyl (C=O) groups is 1. The zero-order valence-electron chi connectivity index (χ0n) is 8.27. The number of thiol groups is 1. The molecule has 0 aromatic carbocycles. The minimum atomic E-state index is -0.448. The van der Waals surface area contributed by atoms with Gasteiger partial charge < -0.3 is 4.90 Å². The van der Waals surface area contributed by atoms with Crippen molar-refractivity contribution >= 4 is 18.5 Å². The van der Waals surface area contributed by atoms with E-state index < -0.39 is 5.25 Å². The maximum atomic E-state index is 11.6. The van der Waals surface area contributed by atoms with Gasteiger partial charge in [0.25, 0.3) is 0 Å². The van der Waals surface area contributed by atoms with Gasteiger partial charge >= 0.3 is 0 Å². The van der Waals surface area contributed by atoms with Gasteiger partial charge in [-0.2, -0.15) is 23.2 Å². The third kappa shape index (κ3) is 3.68. The van der Waals surface area contributed by atoms with Crippen molar-refractivity contribution in [3.63, 3.8) is 0 Å². The van der Waals surface area contributed by atoms with Crippen molar-refractivity contribution in [2.45, 2.75) is 19.1 Å². The zero-order valence-corrected chi connectivity index (χ0v) is 9.16. The van der Waals surface area contributed by atoms with Crippen LogP contribution in [0.1, 0.15) is 13.8 Å². The molecule has 5 heteroatoms. The molecule has 0 aliphatic heterocycles. The Morgan fingerprint density at radius 3 is 2.07 bits per heavy atom. The lowest BCUT2D eigenvalue weighted by Gasteiger charge is -2.21. The molecular weight excluding hydrogens is 198 g/mol. The molecule has 76 valence electrons. The molecule has 0 rings (SSSR count). The molecule has 0 radical (unpaired) electrons. The highest BCUT2D eigenvalue weighted by Gasteiger charge is 2.23. The van der Waals surface area contributed by atoms with E-state index in [-0.39, 0.29) is 24.9 Å². The van der Waals surface area contributed by atoms with Gasteiger partial charge in [0.2, 0.25) is 5.91 Å². The van der Waals surface area contributed by atoms with Gasteiger partial charge in [-0.25, -0.2) is 0 Å². The molecule has 0 saturated heterocycles. The van der Waals surface area contributed by atoms with Crippen LogP contribution >= 0.6 is 12.6 Å². The van der Waals surface area contributed by atoms with Crippen LogP contribution in [0, 0.1) is 28.6 Å². The highest BCUT2D eigenvalue weighted by atomic mass is 32.1.